The van der Waals surface area contributed by atoms with Crippen molar-refractivity contribution in [3.05, 3.63) is 15.6 Å². The number of rotatable bonds is 4. The SMILES string of the molecule is CNC(Cc1nc(C)c(C)s1)C1CCC(C)O1. The molecule has 0 spiro atoms. The minimum absolute atomic E-state index is 0.347. The molecule has 0 saturated carbocycles. The highest BCUT2D eigenvalue weighted by Gasteiger charge is 2.29. The van der Waals surface area contributed by atoms with Gasteiger partial charge >= 0.3 is 0 Å². The Hall–Kier alpha value is -0.450. The molecule has 0 aromatic carbocycles. The maximum absolute atomic E-state index is 5.94. The van der Waals surface area contributed by atoms with Gasteiger partial charge < -0.3 is 10.1 Å². The normalized spacial score (nSPS) is 26.4. The fourth-order valence-corrected chi connectivity index (χ4v) is 3.36. The summed E-state index contributed by atoms with van der Waals surface area (Å²) in [5.41, 5.74) is 1.17. The van der Waals surface area contributed by atoms with Crippen molar-refractivity contribution in [1.82, 2.24) is 10.3 Å². The zero-order chi connectivity index (χ0) is 12.4. The molecule has 3 unspecified atom stereocenters. The van der Waals surface area contributed by atoms with Crippen molar-refractivity contribution < 1.29 is 4.74 Å². The summed E-state index contributed by atoms with van der Waals surface area (Å²) in [6, 6.07) is 0.393. The van der Waals surface area contributed by atoms with Crippen molar-refractivity contribution >= 4 is 11.3 Å². The second-order valence-corrected chi connectivity index (χ2v) is 6.20. The van der Waals surface area contributed by atoms with Crippen LogP contribution in [0.2, 0.25) is 0 Å². The second-order valence-electron chi connectivity index (χ2n) is 4.91. The number of hydrogen-bond acceptors (Lipinski definition) is 4. The third kappa shape index (κ3) is 3.06. The van der Waals surface area contributed by atoms with Gasteiger partial charge in [-0.05, 0) is 40.7 Å². The van der Waals surface area contributed by atoms with Gasteiger partial charge in [-0.1, -0.05) is 0 Å². The summed E-state index contributed by atoms with van der Waals surface area (Å²) in [6.45, 7) is 6.38. The lowest BCUT2D eigenvalue weighted by Gasteiger charge is -2.22. The van der Waals surface area contributed by atoms with E-state index in [0.717, 1.165) is 12.8 Å². The van der Waals surface area contributed by atoms with Gasteiger partial charge in [0, 0.05) is 17.3 Å². The number of hydrogen-bond donors (Lipinski definition) is 1. The summed E-state index contributed by atoms with van der Waals surface area (Å²) < 4.78 is 5.94. The zero-order valence-electron chi connectivity index (χ0n) is 11.1. The predicted octanol–water partition coefficient (Wildman–Crippen LogP) is 2.46. The van der Waals surface area contributed by atoms with Gasteiger partial charge in [-0.2, -0.15) is 0 Å². The van der Waals surface area contributed by atoms with Gasteiger partial charge in [0.25, 0.3) is 0 Å². The van der Waals surface area contributed by atoms with Gasteiger partial charge in [0.1, 0.15) is 0 Å². The number of aromatic nitrogens is 1. The lowest BCUT2D eigenvalue weighted by atomic mass is 10.0. The topological polar surface area (TPSA) is 34.2 Å². The van der Waals surface area contributed by atoms with Crippen molar-refractivity contribution in [3.63, 3.8) is 0 Å². The zero-order valence-corrected chi connectivity index (χ0v) is 11.9. The summed E-state index contributed by atoms with van der Waals surface area (Å²) >= 11 is 1.81. The van der Waals surface area contributed by atoms with Crippen molar-refractivity contribution in [2.75, 3.05) is 7.05 Å². The van der Waals surface area contributed by atoms with Gasteiger partial charge in [-0.15, -0.1) is 11.3 Å². The maximum Gasteiger partial charge on any atom is 0.0947 e. The lowest BCUT2D eigenvalue weighted by molar-refractivity contribution is 0.0337. The van der Waals surface area contributed by atoms with Crippen LogP contribution in [0.4, 0.5) is 0 Å². The molecule has 17 heavy (non-hydrogen) atoms. The molecule has 1 fully saturated rings. The lowest BCUT2D eigenvalue weighted by Crippen LogP contribution is -2.39. The number of thiazole rings is 1. The third-order valence-electron chi connectivity index (χ3n) is 3.55. The van der Waals surface area contributed by atoms with Crippen LogP contribution in [-0.4, -0.2) is 30.3 Å². The van der Waals surface area contributed by atoms with E-state index >= 15 is 0 Å². The Morgan fingerprint density at radius 1 is 1.47 bits per heavy atom. The molecule has 0 aliphatic carbocycles. The van der Waals surface area contributed by atoms with E-state index in [1.165, 1.54) is 22.0 Å². The summed E-state index contributed by atoms with van der Waals surface area (Å²) in [6.07, 6.45) is 4.08. The van der Waals surface area contributed by atoms with Gasteiger partial charge in [0.05, 0.1) is 22.9 Å². The fraction of sp³-hybridized carbons (Fsp3) is 0.769. The van der Waals surface area contributed by atoms with Crippen LogP contribution < -0.4 is 5.32 Å². The predicted molar refractivity (Wildman–Crippen MR) is 71.7 cm³/mol. The Bertz CT molecular complexity index is 358. The smallest absolute Gasteiger partial charge is 0.0947 e. The molecule has 2 rings (SSSR count). The molecule has 0 radical (unpaired) electrons. The van der Waals surface area contributed by atoms with E-state index in [0.29, 0.717) is 18.2 Å². The van der Waals surface area contributed by atoms with Gasteiger partial charge in [0.2, 0.25) is 0 Å². The molecule has 3 nitrogen and oxygen atoms in total. The monoisotopic (exact) mass is 254 g/mol. The summed E-state index contributed by atoms with van der Waals surface area (Å²) in [5, 5.41) is 4.61. The van der Waals surface area contributed by atoms with Crippen molar-refractivity contribution in [2.24, 2.45) is 0 Å². The van der Waals surface area contributed by atoms with Crippen LogP contribution in [0.15, 0.2) is 0 Å². The van der Waals surface area contributed by atoms with E-state index in [9.17, 15) is 0 Å². The molecule has 4 heteroatoms. The Morgan fingerprint density at radius 2 is 2.24 bits per heavy atom. The summed E-state index contributed by atoms with van der Waals surface area (Å²) in [4.78, 5) is 5.94. The largest absolute Gasteiger partial charge is 0.374 e. The van der Waals surface area contributed by atoms with E-state index < -0.39 is 0 Å². The van der Waals surface area contributed by atoms with E-state index in [1.807, 2.05) is 18.4 Å². The van der Waals surface area contributed by atoms with Crippen molar-refractivity contribution in [1.29, 1.82) is 0 Å². The van der Waals surface area contributed by atoms with Gasteiger partial charge in [-0.3, -0.25) is 0 Å². The van der Waals surface area contributed by atoms with Crippen LogP contribution in [0.5, 0.6) is 0 Å². The first-order valence-electron chi connectivity index (χ1n) is 6.35. The standard InChI is InChI=1S/C13H22N2OS/c1-8-5-6-12(16-8)11(14-4)7-13-15-9(2)10(3)17-13/h8,11-12,14H,5-7H2,1-4H3. The number of nitrogens with zero attached hydrogens (tertiary/aromatic N) is 1. The van der Waals surface area contributed by atoms with Crippen molar-refractivity contribution in [2.45, 2.75) is 58.3 Å². The molecule has 1 aromatic rings. The average molecular weight is 254 g/mol. The first-order valence-corrected chi connectivity index (χ1v) is 7.17. The number of nitrogens with one attached hydrogen (secondary N) is 1. The molecule has 1 aliphatic heterocycles. The summed E-state index contributed by atoms with van der Waals surface area (Å²) in [5.74, 6) is 0. The van der Waals surface area contributed by atoms with Crippen molar-refractivity contribution in [3.8, 4) is 0 Å². The van der Waals surface area contributed by atoms with E-state index in [4.69, 9.17) is 4.74 Å². The highest BCUT2D eigenvalue weighted by molar-refractivity contribution is 7.11. The quantitative estimate of drug-likeness (QED) is 0.896. The average Bonchev–Trinajstić information content (AvgIpc) is 2.83. The first-order chi connectivity index (χ1) is 8.10. The minimum Gasteiger partial charge on any atom is -0.374 e. The molecule has 1 aliphatic rings. The molecular weight excluding hydrogens is 232 g/mol. The molecule has 1 N–H and O–H groups in total. The Kier molecular flexibility index (Phi) is 4.17. The van der Waals surface area contributed by atoms with Crippen LogP contribution in [0.1, 0.15) is 35.3 Å². The molecule has 1 saturated heterocycles. The highest BCUT2D eigenvalue weighted by Crippen LogP contribution is 2.25. The molecule has 0 amide bonds. The van der Waals surface area contributed by atoms with Crippen LogP contribution in [0.3, 0.4) is 0 Å². The Balaban J connectivity index is 1.99. The minimum atomic E-state index is 0.347. The fourth-order valence-electron chi connectivity index (χ4n) is 2.36. The van der Waals surface area contributed by atoms with Gasteiger partial charge in [0.15, 0.2) is 0 Å². The maximum atomic E-state index is 5.94. The molecule has 96 valence electrons. The molecular formula is C13H22N2OS. The van der Waals surface area contributed by atoms with Crippen LogP contribution in [-0.2, 0) is 11.2 Å². The number of aryl methyl sites for hydroxylation is 2. The molecule has 0 bridgehead atoms. The molecule has 2 heterocycles. The van der Waals surface area contributed by atoms with E-state index in [-0.39, 0.29) is 0 Å². The summed E-state index contributed by atoms with van der Waals surface area (Å²) in [7, 11) is 2.02. The molecule has 3 atom stereocenters. The second kappa shape index (κ2) is 5.46. The molecule has 1 aromatic heterocycles. The van der Waals surface area contributed by atoms with Crippen LogP contribution in [0, 0.1) is 13.8 Å². The first kappa shape index (κ1) is 13.0. The number of ether oxygens (including phenoxy) is 1. The highest BCUT2D eigenvalue weighted by atomic mass is 32.1. The van der Waals surface area contributed by atoms with Crippen LogP contribution >= 0.6 is 11.3 Å². The van der Waals surface area contributed by atoms with Gasteiger partial charge in [-0.25, -0.2) is 4.98 Å². The number of likely N-dealkylation sites (N-methyl/N-ethyl adjacent to an activating group) is 1. The van der Waals surface area contributed by atoms with E-state index in [1.54, 1.807) is 0 Å². The van der Waals surface area contributed by atoms with E-state index in [2.05, 4.69) is 31.1 Å². The third-order valence-corrected chi connectivity index (χ3v) is 4.65. The van der Waals surface area contributed by atoms with Crippen LogP contribution in [0.25, 0.3) is 0 Å². The Labute approximate surface area is 108 Å². The Morgan fingerprint density at radius 3 is 2.71 bits per heavy atom.